The summed E-state index contributed by atoms with van der Waals surface area (Å²) in [6, 6.07) is 0. The van der Waals surface area contributed by atoms with Crippen LogP contribution in [-0.2, 0) is 6.42 Å². The minimum atomic E-state index is 0.999. The van der Waals surface area contributed by atoms with Gasteiger partial charge in [0.2, 0.25) is 0 Å². The fraction of sp³-hybridized carbons (Fsp3) is 0.700. The molecular weight excluding hydrogens is 162 g/mol. The Kier molecular flexibility index (Phi) is 5.25. The smallest absolute Gasteiger partial charge is 0.107 e. The van der Waals surface area contributed by atoms with Crippen molar-refractivity contribution in [3.8, 4) is 0 Å². The Hall–Kier alpha value is -0.830. The van der Waals surface area contributed by atoms with Crippen molar-refractivity contribution in [3.63, 3.8) is 0 Å². The number of hydrogen-bond donors (Lipinski definition) is 2. The molecule has 0 fully saturated rings. The van der Waals surface area contributed by atoms with E-state index in [-0.39, 0.29) is 0 Å². The van der Waals surface area contributed by atoms with E-state index in [1.807, 2.05) is 6.20 Å². The maximum atomic E-state index is 4.15. The molecule has 0 saturated heterocycles. The maximum absolute atomic E-state index is 4.15. The summed E-state index contributed by atoms with van der Waals surface area (Å²) in [5.74, 6) is 1.07. The number of aromatic amines is 1. The van der Waals surface area contributed by atoms with Crippen LogP contribution in [0.15, 0.2) is 12.4 Å². The Morgan fingerprint density at radius 2 is 2.31 bits per heavy atom. The molecule has 0 aliphatic rings. The van der Waals surface area contributed by atoms with E-state index in [4.69, 9.17) is 0 Å². The molecule has 1 heterocycles. The van der Waals surface area contributed by atoms with E-state index in [0.29, 0.717) is 0 Å². The molecule has 1 aromatic heterocycles. The second-order valence-electron chi connectivity index (χ2n) is 3.24. The predicted molar refractivity (Wildman–Crippen MR) is 54.7 cm³/mol. The molecule has 0 spiro atoms. The highest BCUT2D eigenvalue weighted by molar-refractivity contribution is 4.87. The number of imidazole rings is 1. The van der Waals surface area contributed by atoms with E-state index in [2.05, 4.69) is 22.2 Å². The van der Waals surface area contributed by atoms with Gasteiger partial charge in [-0.15, -0.1) is 0 Å². The van der Waals surface area contributed by atoms with Gasteiger partial charge in [-0.2, -0.15) is 0 Å². The standard InChI is InChI=1S/C10H19N3/c1-2-3-4-6-11-7-5-10-12-8-9-13-10/h8-9,11H,2-7H2,1H3,(H,12,13). The number of nitrogens with one attached hydrogen (secondary N) is 2. The van der Waals surface area contributed by atoms with Crippen molar-refractivity contribution in [3.05, 3.63) is 18.2 Å². The van der Waals surface area contributed by atoms with E-state index >= 15 is 0 Å². The summed E-state index contributed by atoms with van der Waals surface area (Å²) < 4.78 is 0. The first-order chi connectivity index (χ1) is 6.43. The van der Waals surface area contributed by atoms with Gasteiger partial charge in [0.05, 0.1) is 0 Å². The van der Waals surface area contributed by atoms with Gasteiger partial charge in [-0.1, -0.05) is 19.8 Å². The van der Waals surface area contributed by atoms with Gasteiger partial charge in [0, 0.05) is 25.4 Å². The molecule has 0 aromatic carbocycles. The molecule has 1 rings (SSSR count). The third-order valence-corrected chi connectivity index (χ3v) is 2.05. The van der Waals surface area contributed by atoms with Crippen LogP contribution in [0.3, 0.4) is 0 Å². The quantitative estimate of drug-likeness (QED) is 0.629. The van der Waals surface area contributed by atoms with Crippen LogP contribution in [-0.4, -0.2) is 23.1 Å². The second-order valence-corrected chi connectivity index (χ2v) is 3.24. The van der Waals surface area contributed by atoms with Crippen molar-refractivity contribution in [1.82, 2.24) is 15.3 Å². The summed E-state index contributed by atoms with van der Waals surface area (Å²) in [6.45, 7) is 4.38. The summed E-state index contributed by atoms with van der Waals surface area (Å²) in [5, 5.41) is 3.40. The third kappa shape index (κ3) is 4.68. The summed E-state index contributed by atoms with van der Waals surface area (Å²) >= 11 is 0. The van der Waals surface area contributed by atoms with Crippen molar-refractivity contribution >= 4 is 0 Å². The minimum Gasteiger partial charge on any atom is -0.349 e. The largest absolute Gasteiger partial charge is 0.349 e. The monoisotopic (exact) mass is 181 g/mol. The van der Waals surface area contributed by atoms with Gasteiger partial charge in [-0.3, -0.25) is 0 Å². The van der Waals surface area contributed by atoms with Crippen molar-refractivity contribution in [2.75, 3.05) is 13.1 Å². The van der Waals surface area contributed by atoms with Crippen molar-refractivity contribution < 1.29 is 0 Å². The van der Waals surface area contributed by atoms with Gasteiger partial charge < -0.3 is 10.3 Å². The molecule has 0 saturated carbocycles. The molecule has 0 unspecified atom stereocenters. The van der Waals surface area contributed by atoms with Crippen molar-refractivity contribution in [2.24, 2.45) is 0 Å². The summed E-state index contributed by atoms with van der Waals surface area (Å²) in [5.41, 5.74) is 0. The van der Waals surface area contributed by atoms with Crippen LogP contribution >= 0.6 is 0 Å². The van der Waals surface area contributed by atoms with E-state index in [1.54, 1.807) is 6.20 Å². The first kappa shape index (κ1) is 10.3. The van der Waals surface area contributed by atoms with Crippen LogP contribution < -0.4 is 5.32 Å². The van der Waals surface area contributed by atoms with Crippen molar-refractivity contribution in [1.29, 1.82) is 0 Å². The average Bonchev–Trinajstić information content (AvgIpc) is 2.63. The van der Waals surface area contributed by atoms with E-state index < -0.39 is 0 Å². The van der Waals surface area contributed by atoms with Gasteiger partial charge in [-0.25, -0.2) is 4.98 Å². The summed E-state index contributed by atoms with van der Waals surface area (Å²) in [7, 11) is 0. The first-order valence-corrected chi connectivity index (χ1v) is 5.12. The van der Waals surface area contributed by atoms with Gasteiger partial charge in [0.25, 0.3) is 0 Å². The SMILES string of the molecule is CCCCCNCCc1ncc[nH]1. The molecule has 0 bridgehead atoms. The molecule has 0 atom stereocenters. The highest BCUT2D eigenvalue weighted by Gasteiger charge is 1.93. The number of nitrogens with zero attached hydrogens (tertiary/aromatic N) is 1. The Morgan fingerprint density at radius 3 is 3.00 bits per heavy atom. The Balaban J connectivity index is 1.90. The molecule has 0 aliphatic carbocycles. The molecule has 0 amide bonds. The molecule has 13 heavy (non-hydrogen) atoms. The van der Waals surface area contributed by atoms with E-state index in [1.165, 1.54) is 19.3 Å². The van der Waals surface area contributed by atoms with Gasteiger partial charge >= 0.3 is 0 Å². The summed E-state index contributed by atoms with van der Waals surface area (Å²) in [4.78, 5) is 7.24. The fourth-order valence-electron chi connectivity index (χ4n) is 1.27. The van der Waals surface area contributed by atoms with E-state index in [9.17, 15) is 0 Å². The molecule has 1 aromatic rings. The van der Waals surface area contributed by atoms with Crippen LogP contribution in [0, 0.1) is 0 Å². The number of aromatic nitrogens is 2. The topological polar surface area (TPSA) is 40.7 Å². The molecule has 3 nitrogen and oxygen atoms in total. The van der Waals surface area contributed by atoms with Crippen LogP contribution in [0.1, 0.15) is 32.0 Å². The van der Waals surface area contributed by atoms with E-state index in [0.717, 1.165) is 25.3 Å². The van der Waals surface area contributed by atoms with Crippen LogP contribution in [0.4, 0.5) is 0 Å². The number of unbranched alkanes of at least 4 members (excludes halogenated alkanes) is 2. The lowest BCUT2D eigenvalue weighted by Gasteiger charge is -2.01. The zero-order chi connectivity index (χ0) is 9.36. The van der Waals surface area contributed by atoms with Crippen LogP contribution in [0.5, 0.6) is 0 Å². The maximum Gasteiger partial charge on any atom is 0.107 e. The predicted octanol–water partition coefficient (Wildman–Crippen LogP) is 1.73. The Bertz CT molecular complexity index is 194. The van der Waals surface area contributed by atoms with Gasteiger partial charge in [-0.05, 0) is 13.0 Å². The molecule has 3 heteroatoms. The first-order valence-electron chi connectivity index (χ1n) is 5.12. The highest BCUT2D eigenvalue weighted by atomic mass is 14.9. The van der Waals surface area contributed by atoms with Crippen LogP contribution in [0.25, 0.3) is 0 Å². The zero-order valence-corrected chi connectivity index (χ0v) is 8.34. The number of hydrogen-bond acceptors (Lipinski definition) is 2. The lowest BCUT2D eigenvalue weighted by atomic mass is 10.2. The van der Waals surface area contributed by atoms with Gasteiger partial charge in [0.1, 0.15) is 5.82 Å². The highest BCUT2D eigenvalue weighted by Crippen LogP contribution is 1.92. The number of rotatable bonds is 7. The lowest BCUT2D eigenvalue weighted by molar-refractivity contribution is 0.611. The minimum absolute atomic E-state index is 0.999. The molecular formula is C10H19N3. The molecule has 74 valence electrons. The lowest BCUT2D eigenvalue weighted by Crippen LogP contribution is -2.18. The Labute approximate surface area is 80.0 Å². The average molecular weight is 181 g/mol. The second kappa shape index (κ2) is 6.66. The Morgan fingerprint density at radius 1 is 1.38 bits per heavy atom. The molecule has 0 aliphatic heterocycles. The normalized spacial score (nSPS) is 10.5. The number of H-pyrrole nitrogens is 1. The zero-order valence-electron chi connectivity index (χ0n) is 8.34. The van der Waals surface area contributed by atoms with Gasteiger partial charge in [0.15, 0.2) is 0 Å². The molecule has 0 radical (unpaired) electrons. The fourth-order valence-corrected chi connectivity index (χ4v) is 1.27. The van der Waals surface area contributed by atoms with Crippen LogP contribution in [0.2, 0.25) is 0 Å². The summed E-state index contributed by atoms with van der Waals surface area (Å²) in [6.07, 6.45) is 8.57. The molecule has 2 N–H and O–H groups in total. The third-order valence-electron chi connectivity index (χ3n) is 2.05. The van der Waals surface area contributed by atoms with Crippen molar-refractivity contribution in [2.45, 2.75) is 32.6 Å².